The summed E-state index contributed by atoms with van der Waals surface area (Å²) >= 11 is 6.00. The first-order valence-electron chi connectivity index (χ1n) is 7.16. The molecule has 1 unspecified atom stereocenters. The molecule has 1 N–H and O–H groups in total. The van der Waals surface area contributed by atoms with Gasteiger partial charge in [0.1, 0.15) is 6.61 Å². The maximum atomic E-state index is 12.2. The molecule has 110 valence electrons. The first-order valence-corrected chi connectivity index (χ1v) is 7.54. The third-order valence-corrected chi connectivity index (χ3v) is 4.44. The van der Waals surface area contributed by atoms with Crippen molar-refractivity contribution < 1.29 is 9.53 Å². The molecule has 0 bridgehead atoms. The summed E-state index contributed by atoms with van der Waals surface area (Å²) < 4.78 is 5.24. The van der Waals surface area contributed by atoms with E-state index < -0.39 is 0 Å². The van der Waals surface area contributed by atoms with Gasteiger partial charge in [0.15, 0.2) is 0 Å². The van der Waals surface area contributed by atoms with Gasteiger partial charge in [-0.1, -0.05) is 41.4 Å². The molecule has 2 aromatic rings. The zero-order chi connectivity index (χ0) is 15.3. The summed E-state index contributed by atoms with van der Waals surface area (Å²) in [7, 11) is 0. The molecular formula is C18H14ClNO2. The van der Waals surface area contributed by atoms with Crippen LogP contribution in [0.2, 0.25) is 5.02 Å². The molecule has 2 heterocycles. The minimum absolute atomic E-state index is 0.113. The van der Waals surface area contributed by atoms with E-state index in [0.29, 0.717) is 17.2 Å². The highest BCUT2D eigenvalue weighted by atomic mass is 35.5. The molecular weight excluding hydrogens is 298 g/mol. The van der Waals surface area contributed by atoms with Crippen molar-refractivity contribution in [3.05, 3.63) is 75.4 Å². The van der Waals surface area contributed by atoms with Crippen LogP contribution in [0.4, 0.5) is 5.69 Å². The molecule has 4 heteroatoms. The topological polar surface area (TPSA) is 38.3 Å². The Morgan fingerprint density at radius 1 is 1.18 bits per heavy atom. The summed E-state index contributed by atoms with van der Waals surface area (Å²) in [6, 6.07) is 13.9. The second-order valence-corrected chi connectivity index (χ2v) is 6.11. The summed E-state index contributed by atoms with van der Waals surface area (Å²) in [5, 5.41) is 4.02. The van der Waals surface area contributed by atoms with Gasteiger partial charge in [-0.15, -0.1) is 0 Å². The number of ether oxygens (including phenoxy) is 1. The van der Waals surface area contributed by atoms with Crippen molar-refractivity contribution in [3.63, 3.8) is 0 Å². The summed E-state index contributed by atoms with van der Waals surface area (Å²) in [6.45, 7) is 2.36. The van der Waals surface area contributed by atoms with Crippen molar-refractivity contribution >= 4 is 23.3 Å². The number of fused-ring (bicyclic) bond motifs is 1. The van der Waals surface area contributed by atoms with Crippen LogP contribution in [0.15, 0.2) is 53.7 Å². The number of benzene rings is 2. The third-order valence-electron chi connectivity index (χ3n) is 4.19. The fourth-order valence-electron chi connectivity index (χ4n) is 3.17. The number of hydrogen-bond donors (Lipinski definition) is 1. The summed E-state index contributed by atoms with van der Waals surface area (Å²) in [4.78, 5) is 12.2. The SMILES string of the molecule is Cc1ccc2c(c1)C(c1ccc(Cl)cc1)C1=C(COC1=O)N2. The van der Waals surface area contributed by atoms with Crippen LogP contribution in [0.5, 0.6) is 0 Å². The van der Waals surface area contributed by atoms with E-state index >= 15 is 0 Å². The van der Waals surface area contributed by atoms with Crippen LogP contribution in [0, 0.1) is 6.92 Å². The van der Waals surface area contributed by atoms with E-state index in [4.69, 9.17) is 16.3 Å². The average molecular weight is 312 g/mol. The van der Waals surface area contributed by atoms with E-state index in [9.17, 15) is 4.79 Å². The molecule has 22 heavy (non-hydrogen) atoms. The van der Waals surface area contributed by atoms with Crippen LogP contribution in [0.1, 0.15) is 22.6 Å². The summed E-state index contributed by atoms with van der Waals surface area (Å²) in [5.74, 6) is -0.354. The predicted molar refractivity (Wildman–Crippen MR) is 86.1 cm³/mol. The number of halogens is 1. The Kier molecular flexibility index (Phi) is 2.98. The smallest absolute Gasteiger partial charge is 0.337 e. The van der Waals surface area contributed by atoms with Crippen molar-refractivity contribution in [2.75, 3.05) is 11.9 Å². The average Bonchev–Trinajstić information content (AvgIpc) is 2.87. The Morgan fingerprint density at radius 3 is 2.73 bits per heavy atom. The highest BCUT2D eigenvalue weighted by molar-refractivity contribution is 6.30. The molecule has 0 amide bonds. The lowest BCUT2D eigenvalue weighted by atomic mass is 9.81. The summed E-state index contributed by atoms with van der Waals surface area (Å²) in [6.07, 6.45) is 0. The number of aryl methyl sites for hydroxylation is 1. The highest BCUT2D eigenvalue weighted by Gasteiger charge is 2.38. The molecule has 0 aromatic heterocycles. The second-order valence-electron chi connectivity index (χ2n) is 5.67. The molecule has 0 spiro atoms. The molecule has 1 atom stereocenters. The predicted octanol–water partition coefficient (Wildman–Crippen LogP) is 4.02. The van der Waals surface area contributed by atoms with Gasteiger partial charge < -0.3 is 10.1 Å². The van der Waals surface area contributed by atoms with Gasteiger partial charge in [0.05, 0.1) is 11.3 Å². The van der Waals surface area contributed by atoms with Crippen molar-refractivity contribution in [2.24, 2.45) is 0 Å². The number of esters is 1. The van der Waals surface area contributed by atoms with Gasteiger partial charge in [-0.05, 0) is 36.2 Å². The standard InChI is InChI=1S/C18H14ClNO2/c1-10-2-7-14-13(8-10)16(11-3-5-12(19)6-4-11)17-15(20-14)9-22-18(17)21/h2-8,16,20H,9H2,1H3. The van der Waals surface area contributed by atoms with E-state index in [0.717, 1.165) is 28.1 Å². The molecule has 0 radical (unpaired) electrons. The van der Waals surface area contributed by atoms with E-state index in [-0.39, 0.29) is 11.9 Å². The fraction of sp³-hybridized carbons (Fsp3) is 0.167. The summed E-state index contributed by atoms with van der Waals surface area (Å²) in [5.41, 5.74) is 5.91. The number of cyclic esters (lactones) is 1. The van der Waals surface area contributed by atoms with Crippen molar-refractivity contribution in [3.8, 4) is 0 Å². The van der Waals surface area contributed by atoms with E-state index in [1.807, 2.05) is 24.3 Å². The lowest BCUT2D eigenvalue weighted by Gasteiger charge is -2.27. The van der Waals surface area contributed by atoms with Crippen LogP contribution in [-0.2, 0) is 9.53 Å². The third kappa shape index (κ3) is 2.01. The Morgan fingerprint density at radius 2 is 1.95 bits per heavy atom. The monoisotopic (exact) mass is 311 g/mol. The number of nitrogens with one attached hydrogen (secondary N) is 1. The zero-order valence-corrected chi connectivity index (χ0v) is 12.8. The second kappa shape index (κ2) is 4.89. The van der Waals surface area contributed by atoms with Crippen LogP contribution in [-0.4, -0.2) is 12.6 Å². The Balaban J connectivity index is 1.94. The molecule has 4 rings (SSSR count). The largest absolute Gasteiger partial charge is 0.456 e. The molecule has 2 aliphatic rings. The molecule has 0 fully saturated rings. The van der Waals surface area contributed by atoms with Gasteiger partial charge in [0, 0.05) is 16.6 Å². The molecule has 0 aliphatic carbocycles. The van der Waals surface area contributed by atoms with Crippen molar-refractivity contribution in [2.45, 2.75) is 12.8 Å². The van der Waals surface area contributed by atoms with Gasteiger partial charge >= 0.3 is 5.97 Å². The fourth-order valence-corrected chi connectivity index (χ4v) is 3.29. The van der Waals surface area contributed by atoms with Crippen LogP contribution in [0.25, 0.3) is 0 Å². The number of hydrogen-bond acceptors (Lipinski definition) is 3. The molecule has 0 saturated heterocycles. The molecule has 2 aromatic carbocycles. The number of anilines is 1. The minimum atomic E-state index is -0.241. The maximum Gasteiger partial charge on any atom is 0.337 e. The quantitative estimate of drug-likeness (QED) is 0.808. The highest BCUT2D eigenvalue weighted by Crippen LogP contribution is 2.44. The maximum absolute atomic E-state index is 12.2. The van der Waals surface area contributed by atoms with E-state index in [1.54, 1.807) is 0 Å². The van der Waals surface area contributed by atoms with Crippen LogP contribution >= 0.6 is 11.6 Å². The number of carbonyl (C=O) groups is 1. The van der Waals surface area contributed by atoms with Gasteiger partial charge in [0.25, 0.3) is 0 Å². The van der Waals surface area contributed by atoms with E-state index in [1.165, 1.54) is 0 Å². The molecule has 0 saturated carbocycles. The number of rotatable bonds is 1. The van der Waals surface area contributed by atoms with Crippen molar-refractivity contribution in [1.82, 2.24) is 0 Å². The Labute approximate surface area is 133 Å². The molecule has 2 aliphatic heterocycles. The first-order chi connectivity index (χ1) is 10.6. The van der Waals surface area contributed by atoms with Crippen LogP contribution in [0.3, 0.4) is 0 Å². The van der Waals surface area contributed by atoms with Gasteiger partial charge in [0.2, 0.25) is 0 Å². The normalized spacial score (nSPS) is 19.4. The first kappa shape index (κ1) is 13.4. The van der Waals surface area contributed by atoms with Gasteiger partial charge in [-0.2, -0.15) is 0 Å². The zero-order valence-electron chi connectivity index (χ0n) is 12.0. The van der Waals surface area contributed by atoms with E-state index in [2.05, 4.69) is 30.4 Å². The van der Waals surface area contributed by atoms with Crippen LogP contribution < -0.4 is 5.32 Å². The Bertz CT molecular complexity index is 808. The van der Waals surface area contributed by atoms with Crippen molar-refractivity contribution in [1.29, 1.82) is 0 Å². The number of carbonyl (C=O) groups excluding carboxylic acids is 1. The van der Waals surface area contributed by atoms with Gasteiger partial charge in [-0.3, -0.25) is 0 Å². The lowest BCUT2D eigenvalue weighted by molar-refractivity contribution is -0.136. The van der Waals surface area contributed by atoms with Gasteiger partial charge in [-0.25, -0.2) is 4.79 Å². The lowest BCUT2D eigenvalue weighted by Crippen LogP contribution is -2.19. The molecule has 3 nitrogen and oxygen atoms in total. The Hall–Kier alpha value is -2.26. The minimum Gasteiger partial charge on any atom is -0.456 e.